The van der Waals surface area contributed by atoms with Crippen molar-refractivity contribution in [1.82, 2.24) is 14.7 Å². The molecule has 108 valence electrons. The number of thiazole rings is 1. The van der Waals surface area contributed by atoms with Gasteiger partial charge in [0.2, 0.25) is 0 Å². The van der Waals surface area contributed by atoms with Crippen LogP contribution in [0.2, 0.25) is 0 Å². The minimum Gasteiger partial charge on any atom is -0.348 e. The van der Waals surface area contributed by atoms with Crippen molar-refractivity contribution in [2.75, 3.05) is 0 Å². The van der Waals surface area contributed by atoms with Gasteiger partial charge in [0.25, 0.3) is 5.91 Å². The van der Waals surface area contributed by atoms with Gasteiger partial charge in [0.15, 0.2) is 4.96 Å². The summed E-state index contributed by atoms with van der Waals surface area (Å²) in [5, 5.41) is 3.16. The zero-order chi connectivity index (χ0) is 13.9. The number of fused-ring (bicyclic) bond motifs is 1. The van der Waals surface area contributed by atoms with E-state index in [4.69, 9.17) is 0 Å². The Kier molecular flexibility index (Phi) is 4.05. The van der Waals surface area contributed by atoms with E-state index in [1.165, 1.54) is 37.0 Å². The van der Waals surface area contributed by atoms with E-state index >= 15 is 0 Å². The molecule has 4 nitrogen and oxygen atoms in total. The molecule has 2 aromatic rings. The van der Waals surface area contributed by atoms with Gasteiger partial charge in [-0.1, -0.05) is 32.1 Å². The highest BCUT2D eigenvalue weighted by Crippen LogP contribution is 2.19. The second-order valence-electron chi connectivity index (χ2n) is 5.67. The van der Waals surface area contributed by atoms with Gasteiger partial charge in [0.1, 0.15) is 5.69 Å². The summed E-state index contributed by atoms with van der Waals surface area (Å²) in [6.45, 7) is 2.05. The van der Waals surface area contributed by atoms with Crippen molar-refractivity contribution >= 4 is 22.2 Å². The molecule has 0 saturated heterocycles. The van der Waals surface area contributed by atoms with Crippen molar-refractivity contribution < 1.29 is 4.79 Å². The average Bonchev–Trinajstić information content (AvgIpc) is 2.89. The molecule has 0 radical (unpaired) electrons. The predicted octanol–water partition coefficient (Wildman–Crippen LogP) is 3.55. The first-order valence-corrected chi connectivity index (χ1v) is 8.30. The first-order valence-electron chi connectivity index (χ1n) is 7.48. The molecule has 1 aliphatic carbocycles. The topological polar surface area (TPSA) is 46.4 Å². The second-order valence-corrected chi connectivity index (χ2v) is 6.89. The molecule has 1 aliphatic rings. The number of aromatic nitrogens is 2. The lowest BCUT2D eigenvalue weighted by atomic mass is 9.97. The van der Waals surface area contributed by atoms with Gasteiger partial charge in [0, 0.05) is 23.3 Å². The quantitative estimate of drug-likeness (QED) is 0.919. The number of carbonyl (C=O) groups excluding carboxylic acids is 1. The van der Waals surface area contributed by atoms with Crippen molar-refractivity contribution in [3.8, 4) is 0 Å². The van der Waals surface area contributed by atoms with Crippen LogP contribution in [0, 0.1) is 6.92 Å². The fraction of sp³-hybridized carbons (Fsp3) is 0.600. The van der Waals surface area contributed by atoms with E-state index in [0.717, 1.165) is 17.8 Å². The van der Waals surface area contributed by atoms with E-state index in [9.17, 15) is 4.79 Å². The Morgan fingerprint density at radius 3 is 2.65 bits per heavy atom. The number of imidazole rings is 1. The molecule has 1 amide bonds. The minimum atomic E-state index is -0.0240. The first kappa shape index (κ1) is 13.6. The molecule has 5 heteroatoms. The average molecular weight is 291 g/mol. The summed E-state index contributed by atoms with van der Waals surface area (Å²) in [7, 11) is 0. The predicted molar refractivity (Wildman–Crippen MR) is 81.4 cm³/mol. The molecular formula is C15H21N3OS. The van der Waals surface area contributed by atoms with Crippen LogP contribution < -0.4 is 5.32 Å². The summed E-state index contributed by atoms with van der Waals surface area (Å²) in [6.07, 6.45) is 12.4. The number of amides is 1. The van der Waals surface area contributed by atoms with Crippen molar-refractivity contribution in [3.05, 3.63) is 23.0 Å². The largest absolute Gasteiger partial charge is 0.348 e. The summed E-state index contributed by atoms with van der Waals surface area (Å²) in [6, 6.07) is 0.323. The van der Waals surface area contributed by atoms with Gasteiger partial charge in [-0.15, -0.1) is 11.3 Å². The molecule has 20 heavy (non-hydrogen) atoms. The Morgan fingerprint density at radius 1 is 1.25 bits per heavy atom. The Hall–Kier alpha value is -1.36. The van der Waals surface area contributed by atoms with E-state index in [0.29, 0.717) is 11.7 Å². The number of carbonyl (C=O) groups is 1. The summed E-state index contributed by atoms with van der Waals surface area (Å²) in [5.41, 5.74) is 0.540. The molecule has 0 unspecified atom stereocenters. The third kappa shape index (κ3) is 3.03. The molecule has 0 bridgehead atoms. The van der Waals surface area contributed by atoms with E-state index in [1.807, 2.05) is 23.7 Å². The smallest absolute Gasteiger partial charge is 0.271 e. The van der Waals surface area contributed by atoms with Crippen LogP contribution in [0.5, 0.6) is 0 Å². The Morgan fingerprint density at radius 2 is 1.95 bits per heavy atom. The second kappa shape index (κ2) is 5.95. The van der Waals surface area contributed by atoms with Gasteiger partial charge < -0.3 is 5.32 Å². The van der Waals surface area contributed by atoms with Crippen LogP contribution in [-0.4, -0.2) is 21.3 Å². The lowest BCUT2D eigenvalue weighted by Gasteiger charge is -2.20. The van der Waals surface area contributed by atoms with Crippen molar-refractivity contribution in [2.45, 2.75) is 57.9 Å². The maximum atomic E-state index is 12.3. The maximum Gasteiger partial charge on any atom is 0.271 e. The Balaban J connectivity index is 1.66. The monoisotopic (exact) mass is 291 g/mol. The van der Waals surface area contributed by atoms with Gasteiger partial charge in [-0.05, 0) is 19.8 Å². The van der Waals surface area contributed by atoms with Gasteiger partial charge in [0.05, 0.1) is 0 Å². The van der Waals surface area contributed by atoms with E-state index < -0.39 is 0 Å². The van der Waals surface area contributed by atoms with Gasteiger partial charge in [-0.25, -0.2) is 4.98 Å². The number of hydrogen-bond acceptors (Lipinski definition) is 3. The molecule has 1 N–H and O–H groups in total. The van der Waals surface area contributed by atoms with E-state index in [2.05, 4.69) is 10.3 Å². The normalized spacial score (nSPS) is 17.9. The molecule has 0 aliphatic heterocycles. The van der Waals surface area contributed by atoms with Crippen molar-refractivity contribution in [1.29, 1.82) is 0 Å². The lowest BCUT2D eigenvalue weighted by Crippen LogP contribution is -2.35. The molecule has 3 rings (SSSR count). The number of rotatable bonds is 2. The molecule has 0 aromatic carbocycles. The summed E-state index contributed by atoms with van der Waals surface area (Å²) >= 11 is 1.61. The van der Waals surface area contributed by atoms with E-state index in [1.54, 1.807) is 11.3 Å². The third-order valence-electron chi connectivity index (χ3n) is 3.94. The lowest BCUT2D eigenvalue weighted by molar-refractivity contribution is 0.0926. The molecule has 1 saturated carbocycles. The van der Waals surface area contributed by atoms with E-state index in [-0.39, 0.29) is 5.91 Å². The number of hydrogen-bond donors (Lipinski definition) is 1. The van der Waals surface area contributed by atoms with Crippen molar-refractivity contribution in [2.24, 2.45) is 0 Å². The highest BCUT2D eigenvalue weighted by Gasteiger charge is 2.17. The minimum absolute atomic E-state index is 0.0240. The summed E-state index contributed by atoms with van der Waals surface area (Å²) in [5.74, 6) is -0.0240. The summed E-state index contributed by atoms with van der Waals surface area (Å²) in [4.78, 5) is 18.8. The van der Waals surface area contributed by atoms with Gasteiger partial charge in [-0.2, -0.15) is 0 Å². The van der Waals surface area contributed by atoms with Crippen LogP contribution in [0.3, 0.4) is 0 Å². The van der Waals surface area contributed by atoms with Crippen LogP contribution in [0.15, 0.2) is 12.4 Å². The highest BCUT2D eigenvalue weighted by molar-refractivity contribution is 7.17. The molecular weight excluding hydrogens is 270 g/mol. The number of nitrogens with zero attached hydrogens (tertiary/aromatic N) is 2. The van der Waals surface area contributed by atoms with Crippen LogP contribution >= 0.6 is 11.3 Å². The number of aryl methyl sites for hydroxylation is 1. The zero-order valence-electron chi connectivity index (χ0n) is 11.9. The third-order valence-corrected chi connectivity index (χ3v) is 4.86. The molecule has 0 spiro atoms. The maximum absolute atomic E-state index is 12.3. The molecule has 1 fully saturated rings. The number of nitrogens with one attached hydrogen (secondary N) is 1. The molecule has 2 heterocycles. The first-order chi connectivity index (χ1) is 9.72. The van der Waals surface area contributed by atoms with Crippen LogP contribution in [0.1, 0.15) is 60.3 Å². The highest BCUT2D eigenvalue weighted by atomic mass is 32.1. The van der Waals surface area contributed by atoms with Gasteiger partial charge in [-0.3, -0.25) is 9.20 Å². The van der Waals surface area contributed by atoms with Crippen LogP contribution in [-0.2, 0) is 0 Å². The van der Waals surface area contributed by atoms with Gasteiger partial charge >= 0.3 is 0 Å². The molecule has 2 aromatic heterocycles. The van der Waals surface area contributed by atoms with Crippen molar-refractivity contribution in [3.63, 3.8) is 0 Å². The fourth-order valence-corrected chi connectivity index (χ4v) is 3.69. The standard InChI is InChI=1S/C15H21N3OS/c1-11-9-18-10-13(17-15(18)20-11)14(19)16-12-7-5-3-2-4-6-8-12/h9-10,12H,2-8H2,1H3,(H,16,19). The fourth-order valence-electron chi connectivity index (χ4n) is 2.88. The molecule has 0 atom stereocenters. The van der Waals surface area contributed by atoms with Crippen LogP contribution in [0.4, 0.5) is 0 Å². The summed E-state index contributed by atoms with van der Waals surface area (Å²) < 4.78 is 1.94. The van der Waals surface area contributed by atoms with Crippen LogP contribution in [0.25, 0.3) is 4.96 Å². The zero-order valence-corrected chi connectivity index (χ0v) is 12.7. The Labute approximate surface area is 123 Å². The Bertz CT molecular complexity index is 562. The SMILES string of the molecule is Cc1cn2cc(C(=O)NC3CCCCCCC3)nc2s1.